The van der Waals surface area contributed by atoms with E-state index in [1.54, 1.807) is 23.5 Å². The number of nitrogens with zero attached hydrogens (tertiary/aromatic N) is 2. The third kappa shape index (κ3) is 2.66. The Kier molecular flexibility index (Phi) is 3.31. The predicted octanol–water partition coefficient (Wildman–Crippen LogP) is 5.10. The van der Waals surface area contributed by atoms with Gasteiger partial charge in [-0.1, -0.05) is 17.7 Å². The molecule has 0 aliphatic heterocycles. The molecule has 0 radical (unpaired) electrons. The van der Waals surface area contributed by atoms with Crippen LogP contribution in [0, 0.1) is 6.92 Å². The Labute approximate surface area is 123 Å². The van der Waals surface area contributed by atoms with Crippen molar-refractivity contribution in [2.24, 2.45) is 0 Å². The van der Waals surface area contributed by atoms with E-state index in [1.165, 1.54) is 0 Å². The summed E-state index contributed by atoms with van der Waals surface area (Å²) >= 11 is 13.4. The minimum Gasteiger partial charge on any atom is -0.438 e. The van der Waals surface area contributed by atoms with Crippen molar-refractivity contribution >= 4 is 44.8 Å². The second-order valence-corrected chi connectivity index (χ2v) is 5.94. The summed E-state index contributed by atoms with van der Waals surface area (Å²) in [6, 6.07) is 9.12. The van der Waals surface area contributed by atoms with Gasteiger partial charge in [0.1, 0.15) is 10.6 Å². The fraction of sp³-hybridized carbons (Fsp3) is 0.0769. The van der Waals surface area contributed by atoms with E-state index < -0.39 is 0 Å². The lowest BCUT2D eigenvalue weighted by Gasteiger charge is -2.06. The number of aryl methyl sites for hydroxylation is 1. The maximum atomic E-state index is 5.93. The Morgan fingerprint density at radius 3 is 2.79 bits per heavy atom. The van der Waals surface area contributed by atoms with Gasteiger partial charge in [0, 0.05) is 9.90 Å². The molecular formula is C13H8Cl2N2OS. The molecule has 3 aromatic rings. The van der Waals surface area contributed by atoms with Crippen LogP contribution in [0.4, 0.5) is 0 Å². The predicted molar refractivity (Wildman–Crippen MR) is 78.7 cm³/mol. The number of halogens is 2. The number of fused-ring (bicyclic) bond motifs is 1. The van der Waals surface area contributed by atoms with Crippen LogP contribution in [0.3, 0.4) is 0 Å². The molecule has 2 heterocycles. The number of hydrogen-bond acceptors (Lipinski definition) is 4. The molecule has 0 fully saturated rings. The Hall–Kier alpha value is -1.36. The summed E-state index contributed by atoms with van der Waals surface area (Å²) in [5.74, 6) is 1.06. The fourth-order valence-corrected chi connectivity index (χ4v) is 2.97. The van der Waals surface area contributed by atoms with E-state index in [9.17, 15) is 0 Å². The first kappa shape index (κ1) is 12.7. The zero-order chi connectivity index (χ0) is 13.4. The summed E-state index contributed by atoms with van der Waals surface area (Å²) in [6.45, 7) is 2.00. The number of aromatic nitrogens is 2. The van der Waals surface area contributed by atoms with E-state index in [0.29, 0.717) is 16.7 Å². The number of hydrogen-bond donors (Lipinski definition) is 0. The minimum absolute atomic E-state index is 0.173. The molecule has 0 unspecified atom stereocenters. The zero-order valence-corrected chi connectivity index (χ0v) is 12.2. The van der Waals surface area contributed by atoms with Crippen LogP contribution in [0.5, 0.6) is 11.6 Å². The average molecular weight is 311 g/mol. The summed E-state index contributed by atoms with van der Waals surface area (Å²) in [7, 11) is 0. The Morgan fingerprint density at radius 1 is 1.16 bits per heavy atom. The van der Waals surface area contributed by atoms with Gasteiger partial charge >= 0.3 is 0 Å². The SMILES string of the molecule is Cc1cc2c(Oc3cccc(Cl)c3)nc(Cl)nc2s1. The van der Waals surface area contributed by atoms with Crippen LogP contribution in [0.15, 0.2) is 30.3 Å². The van der Waals surface area contributed by atoms with Crippen LogP contribution in [-0.4, -0.2) is 9.97 Å². The number of ether oxygens (including phenoxy) is 1. The molecular weight excluding hydrogens is 303 g/mol. The van der Waals surface area contributed by atoms with Crippen molar-refractivity contribution in [1.82, 2.24) is 9.97 Å². The Bertz CT molecular complexity index is 757. The average Bonchev–Trinajstić information content (AvgIpc) is 2.69. The van der Waals surface area contributed by atoms with Crippen LogP contribution >= 0.6 is 34.5 Å². The van der Waals surface area contributed by atoms with Crippen molar-refractivity contribution in [2.45, 2.75) is 6.92 Å². The number of rotatable bonds is 2. The lowest BCUT2D eigenvalue weighted by Crippen LogP contribution is -1.91. The minimum atomic E-state index is 0.173. The van der Waals surface area contributed by atoms with Crippen molar-refractivity contribution < 1.29 is 4.74 Å². The quantitative estimate of drug-likeness (QED) is 0.618. The second kappa shape index (κ2) is 4.96. The molecule has 0 aliphatic rings. The molecule has 1 aromatic carbocycles. The second-order valence-electron chi connectivity index (χ2n) is 3.93. The van der Waals surface area contributed by atoms with Crippen molar-refractivity contribution in [3.05, 3.63) is 45.5 Å². The van der Waals surface area contributed by atoms with Gasteiger partial charge in [0.15, 0.2) is 0 Å². The van der Waals surface area contributed by atoms with Gasteiger partial charge in [-0.25, -0.2) is 4.98 Å². The number of benzene rings is 1. The summed E-state index contributed by atoms with van der Waals surface area (Å²) in [6.07, 6.45) is 0. The van der Waals surface area contributed by atoms with Gasteiger partial charge in [-0.05, 0) is 42.8 Å². The maximum Gasteiger partial charge on any atom is 0.232 e. The first-order valence-electron chi connectivity index (χ1n) is 5.49. The smallest absolute Gasteiger partial charge is 0.232 e. The van der Waals surface area contributed by atoms with Crippen LogP contribution in [0.2, 0.25) is 10.3 Å². The lowest BCUT2D eigenvalue weighted by molar-refractivity contribution is 0.468. The topological polar surface area (TPSA) is 35.0 Å². The molecule has 0 saturated carbocycles. The third-order valence-electron chi connectivity index (χ3n) is 2.46. The molecule has 0 amide bonds. The molecule has 6 heteroatoms. The van der Waals surface area contributed by atoms with E-state index in [1.807, 2.05) is 25.1 Å². The van der Waals surface area contributed by atoms with Crippen molar-refractivity contribution in [1.29, 1.82) is 0 Å². The molecule has 0 bridgehead atoms. The summed E-state index contributed by atoms with van der Waals surface area (Å²) in [5, 5.41) is 1.63. The summed E-state index contributed by atoms with van der Waals surface area (Å²) < 4.78 is 5.75. The van der Waals surface area contributed by atoms with Gasteiger partial charge in [-0.2, -0.15) is 4.98 Å². The van der Waals surface area contributed by atoms with E-state index in [0.717, 1.165) is 15.1 Å². The highest BCUT2D eigenvalue weighted by Crippen LogP contribution is 2.33. The molecule has 0 aliphatic carbocycles. The molecule has 0 spiro atoms. The maximum absolute atomic E-state index is 5.93. The molecule has 0 atom stereocenters. The molecule has 2 aromatic heterocycles. The van der Waals surface area contributed by atoms with E-state index >= 15 is 0 Å². The van der Waals surface area contributed by atoms with Crippen molar-refractivity contribution in [3.8, 4) is 11.6 Å². The van der Waals surface area contributed by atoms with Crippen LogP contribution in [0.1, 0.15) is 4.88 Å². The highest BCUT2D eigenvalue weighted by atomic mass is 35.5. The third-order valence-corrected chi connectivity index (χ3v) is 3.81. The van der Waals surface area contributed by atoms with Gasteiger partial charge < -0.3 is 4.74 Å². The standard InChI is InChI=1S/C13H8Cl2N2OS/c1-7-5-10-11(16-13(15)17-12(10)19-7)18-9-4-2-3-8(14)6-9/h2-6H,1H3. The molecule has 96 valence electrons. The first-order valence-corrected chi connectivity index (χ1v) is 7.06. The zero-order valence-electron chi connectivity index (χ0n) is 9.85. The van der Waals surface area contributed by atoms with E-state index in [4.69, 9.17) is 27.9 Å². The van der Waals surface area contributed by atoms with Gasteiger partial charge in [0.2, 0.25) is 11.2 Å². The summed E-state index contributed by atoms with van der Waals surface area (Å²) in [4.78, 5) is 10.3. The Morgan fingerprint density at radius 2 is 2.00 bits per heavy atom. The van der Waals surface area contributed by atoms with Crippen molar-refractivity contribution in [3.63, 3.8) is 0 Å². The number of thiophene rings is 1. The van der Waals surface area contributed by atoms with Crippen LogP contribution in [-0.2, 0) is 0 Å². The molecule has 3 nitrogen and oxygen atoms in total. The van der Waals surface area contributed by atoms with Crippen LogP contribution in [0.25, 0.3) is 10.2 Å². The first-order chi connectivity index (χ1) is 9.11. The molecule has 0 N–H and O–H groups in total. The lowest BCUT2D eigenvalue weighted by atomic mass is 10.3. The van der Waals surface area contributed by atoms with Gasteiger partial charge in [0.05, 0.1) is 5.39 Å². The van der Waals surface area contributed by atoms with Crippen LogP contribution < -0.4 is 4.74 Å². The van der Waals surface area contributed by atoms with E-state index in [-0.39, 0.29) is 5.28 Å². The normalized spacial score (nSPS) is 10.9. The molecule has 19 heavy (non-hydrogen) atoms. The van der Waals surface area contributed by atoms with Crippen molar-refractivity contribution in [2.75, 3.05) is 0 Å². The van der Waals surface area contributed by atoms with Gasteiger partial charge in [-0.15, -0.1) is 11.3 Å². The highest BCUT2D eigenvalue weighted by Gasteiger charge is 2.11. The van der Waals surface area contributed by atoms with E-state index in [2.05, 4.69) is 9.97 Å². The molecule has 0 saturated heterocycles. The van der Waals surface area contributed by atoms with Gasteiger partial charge in [-0.3, -0.25) is 0 Å². The Balaban J connectivity index is 2.09. The van der Waals surface area contributed by atoms with Gasteiger partial charge in [0.25, 0.3) is 0 Å². The molecule has 3 rings (SSSR count). The largest absolute Gasteiger partial charge is 0.438 e. The fourth-order valence-electron chi connectivity index (χ4n) is 1.71. The highest BCUT2D eigenvalue weighted by molar-refractivity contribution is 7.18. The monoisotopic (exact) mass is 310 g/mol. The summed E-state index contributed by atoms with van der Waals surface area (Å²) in [5.41, 5.74) is 0.